The summed E-state index contributed by atoms with van der Waals surface area (Å²) in [4.78, 5) is 0.344. The van der Waals surface area contributed by atoms with Crippen molar-refractivity contribution in [2.75, 3.05) is 30.3 Å². The van der Waals surface area contributed by atoms with Gasteiger partial charge in [0.1, 0.15) is 0 Å². The fourth-order valence-corrected chi connectivity index (χ4v) is 4.41. The van der Waals surface area contributed by atoms with Gasteiger partial charge in [0.05, 0.1) is 4.90 Å². The van der Waals surface area contributed by atoms with E-state index in [0.717, 1.165) is 17.1 Å². The first kappa shape index (κ1) is 12.7. The van der Waals surface area contributed by atoms with Crippen molar-refractivity contribution in [3.63, 3.8) is 0 Å². The summed E-state index contributed by atoms with van der Waals surface area (Å²) in [5, 5.41) is 0. The van der Waals surface area contributed by atoms with Gasteiger partial charge in [0, 0.05) is 30.3 Å². The van der Waals surface area contributed by atoms with E-state index in [4.69, 9.17) is 5.73 Å². The van der Waals surface area contributed by atoms with Crippen LogP contribution in [0.1, 0.15) is 5.56 Å². The van der Waals surface area contributed by atoms with Gasteiger partial charge >= 0.3 is 0 Å². The average Bonchev–Trinajstić information content (AvgIpc) is 2.33. The molecule has 4 nitrogen and oxygen atoms in total. The lowest BCUT2D eigenvalue weighted by Gasteiger charge is -2.25. The molecule has 1 aliphatic heterocycles. The molecular weight excluding hydrogens is 256 g/mol. The summed E-state index contributed by atoms with van der Waals surface area (Å²) in [5.41, 5.74) is 7.13. The first-order chi connectivity index (χ1) is 8.01. The molecule has 1 fully saturated rings. The lowest BCUT2D eigenvalue weighted by molar-refractivity contribution is 0.443. The highest BCUT2D eigenvalue weighted by atomic mass is 32.2. The molecule has 0 saturated carbocycles. The van der Waals surface area contributed by atoms with Gasteiger partial charge in [-0.25, -0.2) is 8.42 Å². The summed E-state index contributed by atoms with van der Waals surface area (Å²) in [6.45, 7) is 3.01. The zero-order chi connectivity index (χ0) is 12.5. The lowest BCUT2D eigenvalue weighted by atomic mass is 10.2. The number of sulfonamides is 1. The van der Waals surface area contributed by atoms with Gasteiger partial charge in [0.15, 0.2) is 0 Å². The number of benzene rings is 1. The first-order valence-corrected chi connectivity index (χ1v) is 8.05. The van der Waals surface area contributed by atoms with E-state index < -0.39 is 10.0 Å². The molecule has 1 heterocycles. The Morgan fingerprint density at radius 2 is 1.94 bits per heavy atom. The third-order valence-corrected chi connectivity index (χ3v) is 5.69. The highest BCUT2D eigenvalue weighted by Gasteiger charge is 2.26. The third kappa shape index (κ3) is 2.59. The normalized spacial score (nSPS) is 18.2. The Morgan fingerprint density at radius 1 is 1.29 bits per heavy atom. The van der Waals surface area contributed by atoms with Crippen LogP contribution in [0.25, 0.3) is 0 Å². The molecule has 0 spiro atoms. The van der Waals surface area contributed by atoms with Gasteiger partial charge in [-0.1, -0.05) is 0 Å². The quantitative estimate of drug-likeness (QED) is 0.825. The largest absolute Gasteiger partial charge is 0.399 e. The van der Waals surface area contributed by atoms with E-state index in [2.05, 4.69) is 0 Å². The second-order valence-corrected chi connectivity index (χ2v) is 7.20. The Hall–Kier alpha value is -0.720. The molecule has 6 heteroatoms. The van der Waals surface area contributed by atoms with Crippen LogP contribution in [-0.2, 0) is 10.0 Å². The molecule has 1 saturated heterocycles. The van der Waals surface area contributed by atoms with E-state index in [9.17, 15) is 8.42 Å². The summed E-state index contributed by atoms with van der Waals surface area (Å²) < 4.78 is 26.2. The SMILES string of the molecule is Cc1cc(S(=O)(=O)N2CCSCC2)ccc1N. The van der Waals surface area contributed by atoms with Gasteiger partial charge in [-0.2, -0.15) is 16.1 Å². The number of thioether (sulfide) groups is 1. The van der Waals surface area contributed by atoms with Gasteiger partial charge in [0.25, 0.3) is 0 Å². The summed E-state index contributed by atoms with van der Waals surface area (Å²) in [6.07, 6.45) is 0. The van der Waals surface area contributed by atoms with Gasteiger partial charge in [0.2, 0.25) is 10.0 Å². The highest BCUT2D eigenvalue weighted by molar-refractivity contribution is 7.99. The maximum Gasteiger partial charge on any atom is 0.243 e. The molecule has 1 aliphatic rings. The minimum Gasteiger partial charge on any atom is -0.399 e. The molecule has 1 aromatic carbocycles. The molecular formula is C11H16N2O2S2. The van der Waals surface area contributed by atoms with Crippen LogP contribution in [0.2, 0.25) is 0 Å². The van der Waals surface area contributed by atoms with Crippen molar-refractivity contribution >= 4 is 27.5 Å². The maximum absolute atomic E-state index is 12.3. The smallest absolute Gasteiger partial charge is 0.243 e. The molecule has 1 aromatic rings. The van der Waals surface area contributed by atoms with Crippen LogP contribution < -0.4 is 5.73 Å². The van der Waals surface area contributed by atoms with Crippen LogP contribution >= 0.6 is 11.8 Å². The van der Waals surface area contributed by atoms with Crippen LogP contribution in [0.3, 0.4) is 0 Å². The molecule has 0 bridgehead atoms. The number of rotatable bonds is 2. The number of hydrogen-bond donors (Lipinski definition) is 1. The van der Waals surface area contributed by atoms with Crippen molar-refractivity contribution in [2.45, 2.75) is 11.8 Å². The van der Waals surface area contributed by atoms with E-state index in [1.807, 2.05) is 6.92 Å². The predicted molar refractivity (Wildman–Crippen MR) is 71.7 cm³/mol. The van der Waals surface area contributed by atoms with Crippen molar-refractivity contribution < 1.29 is 8.42 Å². The van der Waals surface area contributed by atoms with E-state index in [0.29, 0.717) is 23.7 Å². The number of nitrogen functional groups attached to an aromatic ring is 1. The predicted octanol–water partition coefficient (Wildman–Crippen LogP) is 1.31. The van der Waals surface area contributed by atoms with Crippen LogP contribution in [0.4, 0.5) is 5.69 Å². The van der Waals surface area contributed by atoms with Crippen molar-refractivity contribution in [3.8, 4) is 0 Å². The molecule has 0 unspecified atom stereocenters. The van der Waals surface area contributed by atoms with Gasteiger partial charge in [-0.3, -0.25) is 0 Å². The van der Waals surface area contributed by atoms with E-state index >= 15 is 0 Å². The molecule has 0 aliphatic carbocycles. The zero-order valence-corrected chi connectivity index (χ0v) is 11.4. The second kappa shape index (κ2) is 4.88. The van der Waals surface area contributed by atoms with E-state index in [-0.39, 0.29) is 0 Å². The zero-order valence-electron chi connectivity index (χ0n) is 9.72. The summed E-state index contributed by atoms with van der Waals surface area (Å²) >= 11 is 1.79. The first-order valence-electron chi connectivity index (χ1n) is 5.46. The average molecular weight is 272 g/mol. The third-order valence-electron chi connectivity index (χ3n) is 2.85. The molecule has 0 radical (unpaired) electrons. The Bertz CT molecular complexity index is 508. The second-order valence-electron chi connectivity index (χ2n) is 4.03. The monoisotopic (exact) mass is 272 g/mol. The van der Waals surface area contributed by atoms with Gasteiger partial charge < -0.3 is 5.73 Å². The van der Waals surface area contributed by atoms with Gasteiger partial charge in [-0.05, 0) is 30.7 Å². The van der Waals surface area contributed by atoms with Crippen LogP contribution in [-0.4, -0.2) is 37.3 Å². The fraction of sp³-hybridized carbons (Fsp3) is 0.455. The minimum absolute atomic E-state index is 0.344. The summed E-state index contributed by atoms with van der Waals surface area (Å²) in [5.74, 6) is 1.74. The standard InChI is InChI=1S/C11H16N2O2S2/c1-9-8-10(2-3-11(9)12)17(14,15)13-4-6-16-7-5-13/h2-3,8H,4-7,12H2,1H3. The van der Waals surface area contributed by atoms with Crippen molar-refractivity contribution in [3.05, 3.63) is 23.8 Å². The minimum atomic E-state index is -3.34. The number of hydrogen-bond acceptors (Lipinski definition) is 4. The van der Waals surface area contributed by atoms with E-state index in [1.54, 1.807) is 34.3 Å². The number of anilines is 1. The molecule has 2 N–H and O–H groups in total. The van der Waals surface area contributed by atoms with Gasteiger partial charge in [-0.15, -0.1) is 0 Å². The lowest BCUT2D eigenvalue weighted by Crippen LogP contribution is -2.37. The number of nitrogens with two attached hydrogens (primary N) is 1. The number of nitrogens with zero attached hydrogens (tertiary/aromatic N) is 1. The Balaban J connectivity index is 2.33. The maximum atomic E-state index is 12.3. The topological polar surface area (TPSA) is 63.4 Å². The van der Waals surface area contributed by atoms with E-state index in [1.165, 1.54) is 0 Å². The molecule has 0 atom stereocenters. The van der Waals surface area contributed by atoms with Crippen LogP contribution in [0.5, 0.6) is 0 Å². The molecule has 0 aromatic heterocycles. The Morgan fingerprint density at radius 3 is 2.53 bits per heavy atom. The van der Waals surface area contributed by atoms with Crippen molar-refractivity contribution in [2.24, 2.45) is 0 Å². The number of aryl methyl sites for hydroxylation is 1. The molecule has 94 valence electrons. The Kier molecular flexibility index (Phi) is 3.65. The van der Waals surface area contributed by atoms with Crippen LogP contribution in [0, 0.1) is 6.92 Å². The molecule has 17 heavy (non-hydrogen) atoms. The van der Waals surface area contributed by atoms with Crippen molar-refractivity contribution in [1.82, 2.24) is 4.31 Å². The molecule has 0 amide bonds. The highest BCUT2D eigenvalue weighted by Crippen LogP contribution is 2.22. The fourth-order valence-electron chi connectivity index (χ4n) is 1.74. The van der Waals surface area contributed by atoms with Crippen LogP contribution in [0.15, 0.2) is 23.1 Å². The summed E-state index contributed by atoms with van der Waals surface area (Å²) in [7, 11) is -3.34. The summed E-state index contributed by atoms with van der Waals surface area (Å²) in [6, 6.07) is 4.88. The Labute approximate surface area is 106 Å². The van der Waals surface area contributed by atoms with Crippen molar-refractivity contribution in [1.29, 1.82) is 0 Å². The molecule has 2 rings (SSSR count).